The third-order valence-electron chi connectivity index (χ3n) is 2.65. The van der Waals surface area contributed by atoms with Crippen LogP contribution in [0.4, 0.5) is 0 Å². The van der Waals surface area contributed by atoms with Crippen LogP contribution in [0.5, 0.6) is 0 Å². The third-order valence-corrected chi connectivity index (χ3v) is 2.91. The molecule has 3 rings (SSSR count). The van der Waals surface area contributed by atoms with Crippen LogP contribution in [0.1, 0.15) is 0 Å². The van der Waals surface area contributed by atoms with Gasteiger partial charge in [-0.1, -0.05) is 47.1 Å². The number of carbonyl (C=O) groups excluding carboxylic acids is 2. The first-order chi connectivity index (χ1) is 10.2. The Morgan fingerprint density at radius 2 is 1.57 bits per heavy atom. The minimum atomic E-state index is 0.250. The molecule has 1 aromatic heterocycles. The van der Waals surface area contributed by atoms with Crippen LogP contribution < -0.4 is 0 Å². The predicted octanol–water partition coefficient (Wildman–Crippen LogP) is 3.00. The molecule has 0 unspecified atom stereocenters. The highest BCUT2D eigenvalue weighted by molar-refractivity contribution is 6.30. The molecule has 0 N–H and O–H groups in total. The summed E-state index contributed by atoms with van der Waals surface area (Å²) in [7, 11) is 0. The van der Waals surface area contributed by atoms with Gasteiger partial charge in [0.2, 0.25) is 0 Å². The van der Waals surface area contributed by atoms with Crippen LogP contribution in [0.2, 0.25) is 5.02 Å². The Hall–Kier alpha value is -2.75. The van der Waals surface area contributed by atoms with Gasteiger partial charge in [0.05, 0.1) is 11.9 Å². The van der Waals surface area contributed by atoms with E-state index in [4.69, 9.17) is 21.2 Å². The predicted molar refractivity (Wildman–Crippen MR) is 76.8 cm³/mol. The summed E-state index contributed by atoms with van der Waals surface area (Å²) in [5, 5.41) is 9.00. The zero-order valence-corrected chi connectivity index (χ0v) is 11.6. The fraction of sp³-hybridized carbons (Fsp3) is 0. The van der Waals surface area contributed by atoms with Crippen LogP contribution in [0.25, 0.3) is 16.9 Å². The van der Waals surface area contributed by atoms with Crippen LogP contribution >= 0.6 is 11.6 Å². The summed E-state index contributed by atoms with van der Waals surface area (Å²) in [6, 6.07) is 17.4. The fourth-order valence-corrected chi connectivity index (χ4v) is 1.85. The molecule has 2 aromatic carbocycles. The van der Waals surface area contributed by atoms with Gasteiger partial charge in [0.25, 0.3) is 0 Å². The number of para-hydroxylation sites is 1. The number of halogens is 1. The Morgan fingerprint density at radius 1 is 0.952 bits per heavy atom. The van der Waals surface area contributed by atoms with E-state index in [-0.39, 0.29) is 6.15 Å². The molecule has 0 aliphatic heterocycles. The van der Waals surface area contributed by atoms with Gasteiger partial charge in [-0.05, 0) is 24.3 Å². The molecule has 0 aliphatic rings. The average Bonchev–Trinajstić information content (AvgIpc) is 3.00. The van der Waals surface area contributed by atoms with Crippen molar-refractivity contribution in [1.82, 2.24) is 15.0 Å². The number of hydrogen-bond acceptors (Lipinski definition) is 4. The smallest absolute Gasteiger partial charge is 0.220 e. The molecule has 21 heavy (non-hydrogen) atoms. The lowest BCUT2D eigenvalue weighted by molar-refractivity contribution is -0.191. The zero-order valence-electron chi connectivity index (χ0n) is 10.8. The summed E-state index contributed by atoms with van der Waals surface area (Å²) in [5.74, 6) is 0. The quantitative estimate of drug-likeness (QED) is 0.729. The van der Waals surface area contributed by atoms with Gasteiger partial charge in [0, 0.05) is 10.6 Å². The van der Waals surface area contributed by atoms with Crippen LogP contribution in [0.15, 0.2) is 60.8 Å². The van der Waals surface area contributed by atoms with Crippen molar-refractivity contribution >= 4 is 17.8 Å². The molecule has 0 atom stereocenters. The number of nitrogens with zero attached hydrogens (tertiary/aromatic N) is 3. The largest absolute Gasteiger partial charge is 0.373 e. The molecule has 0 amide bonds. The van der Waals surface area contributed by atoms with Crippen molar-refractivity contribution in [3.05, 3.63) is 65.8 Å². The van der Waals surface area contributed by atoms with Crippen molar-refractivity contribution < 1.29 is 9.59 Å². The Morgan fingerprint density at radius 3 is 2.19 bits per heavy atom. The molecule has 1 heterocycles. The lowest BCUT2D eigenvalue weighted by Crippen LogP contribution is -1.93. The number of aromatic nitrogens is 3. The lowest BCUT2D eigenvalue weighted by Gasteiger charge is -1.97. The van der Waals surface area contributed by atoms with Gasteiger partial charge in [-0.15, -0.1) is 5.10 Å². The minimum absolute atomic E-state index is 0.250. The summed E-state index contributed by atoms with van der Waals surface area (Å²) < 4.78 is 1.75. The lowest BCUT2D eigenvalue weighted by atomic mass is 10.2. The summed E-state index contributed by atoms with van der Waals surface area (Å²) >= 11 is 5.86. The molecule has 0 saturated carbocycles. The maximum Gasteiger partial charge on any atom is 0.373 e. The second-order valence-corrected chi connectivity index (χ2v) is 4.41. The highest BCUT2D eigenvalue weighted by Crippen LogP contribution is 2.19. The van der Waals surface area contributed by atoms with Gasteiger partial charge in [0.1, 0.15) is 5.69 Å². The molecule has 3 aromatic rings. The van der Waals surface area contributed by atoms with Crippen molar-refractivity contribution in [2.45, 2.75) is 0 Å². The molecule has 104 valence electrons. The standard InChI is InChI=1S/C14H10ClN3.CO2/c15-12-8-6-11(7-9-12)14-10-18(17-16-14)13-4-2-1-3-5-13;2-1-3/h1-10H;. The van der Waals surface area contributed by atoms with Gasteiger partial charge in [-0.25, -0.2) is 4.68 Å². The number of rotatable bonds is 2. The van der Waals surface area contributed by atoms with E-state index in [0.29, 0.717) is 5.02 Å². The van der Waals surface area contributed by atoms with Crippen LogP contribution in [0, 0.1) is 0 Å². The maximum absolute atomic E-state index is 8.12. The average molecular weight is 300 g/mol. The van der Waals surface area contributed by atoms with E-state index in [1.807, 2.05) is 60.8 Å². The van der Waals surface area contributed by atoms with Crippen molar-refractivity contribution in [1.29, 1.82) is 0 Å². The number of benzene rings is 2. The molecule has 0 bridgehead atoms. The van der Waals surface area contributed by atoms with Gasteiger partial charge in [-0.3, -0.25) is 0 Å². The highest BCUT2D eigenvalue weighted by atomic mass is 35.5. The summed E-state index contributed by atoms with van der Waals surface area (Å²) in [6.45, 7) is 0. The Kier molecular flexibility index (Phi) is 4.99. The highest BCUT2D eigenvalue weighted by Gasteiger charge is 2.04. The molecule has 0 spiro atoms. The summed E-state index contributed by atoms with van der Waals surface area (Å²) in [6.07, 6.45) is 2.15. The molecule has 0 fully saturated rings. The Balaban J connectivity index is 0.000000497. The Bertz CT molecular complexity index is 733. The van der Waals surface area contributed by atoms with Crippen molar-refractivity contribution in [2.24, 2.45) is 0 Å². The van der Waals surface area contributed by atoms with Crippen LogP contribution in [-0.4, -0.2) is 21.1 Å². The minimum Gasteiger partial charge on any atom is -0.220 e. The first-order valence-corrected chi connectivity index (χ1v) is 6.35. The van der Waals surface area contributed by atoms with E-state index >= 15 is 0 Å². The van der Waals surface area contributed by atoms with Crippen molar-refractivity contribution in [3.63, 3.8) is 0 Å². The van der Waals surface area contributed by atoms with Gasteiger partial charge >= 0.3 is 6.15 Å². The number of hydrogen-bond donors (Lipinski definition) is 0. The fourth-order valence-electron chi connectivity index (χ4n) is 1.72. The van der Waals surface area contributed by atoms with E-state index in [2.05, 4.69) is 10.3 Å². The summed E-state index contributed by atoms with van der Waals surface area (Å²) in [4.78, 5) is 16.2. The molecule has 5 nitrogen and oxygen atoms in total. The second-order valence-electron chi connectivity index (χ2n) is 3.97. The Labute approximate surface area is 125 Å². The van der Waals surface area contributed by atoms with Crippen molar-refractivity contribution in [3.8, 4) is 16.9 Å². The van der Waals surface area contributed by atoms with Crippen LogP contribution in [-0.2, 0) is 9.59 Å². The topological polar surface area (TPSA) is 64.8 Å². The SMILES string of the molecule is Clc1ccc(-c2cn(-c3ccccc3)nn2)cc1.O=C=O. The van der Waals surface area contributed by atoms with E-state index in [1.165, 1.54) is 0 Å². The molecule has 6 heteroatoms. The van der Waals surface area contributed by atoms with Gasteiger partial charge in [0.15, 0.2) is 0 Å². The van der Waals surface area contributed by atoms with E-state index in [1.54, 1.807) is 4.68 Å². The monoisotopic (exact) mass is 299 g/mol. The van der Waals surface area contributed by atoms with Crippen LogP contribution in [0.3, 0.4) is 0 Å². The van der Waals surface area contributed by atoms with Crippen molar-refractivity contribution in [2.75, 3.05) is 0 Å². The van der Waals surface area contributed by atoms with E-state index in [0.717, 1.165) is 16.9 Å². The molecular weight excluding hydrogens is 290 g/mol. The first kappa shape index (κ1) is 14.7. The molecule has 0 radical (unpaired) electrons. The third kappa shape index (κ3) is 3.86. The van der Waals surface area contributed by atoms with Gasteiger partial charge in [-0.2, -0.15) is 9.59 Å². The van der Waals surface area contributed by atoms with E-state index < -0.39 is 0 Å². The second kappa shape index (κ2) is 7.14. The molecule has 0 saturated heterocycles. The first-order valence-electron chi connectivity index (χ1n) is 5.97. The molecular formula is C15H10ClN3O2. The summed E-state index contributed by atoms with van der Waals surface area (Å²) in [5.41, 5.74) is 2.82. The zero-order chi connectivity index (χ0) is 15.1. The maximum atomic E-state index is 8.12. The van der Waals surface area contributed by atoms with E-state index in [9.17, 15) is 0 Å². The molecule has 0 aliphatic carbocycles. The normalized spacial score (nSPS) is 9.38. The van der Waals surface area contributed by atoms with Gasteiger partial charge < -0.3 is 0 Å².